The van der Waals surface area contributed by atoms with Crippen LogP contribution in [0.15, 0.2) is 23.1 Å². The monoisotopic (exact) mass is 219 g/mol. The molecule has 1 rings (SSSR count). The number of benzene rings is 1. The van der Waals surface area contributed by atoms with Crippen molar-refractivity contribution in [3.05, 3.63) is 23.8 Å². The van der Waals surface area contributed by atoms with Crippen LogP contribution in [0.25, 0.3) is 0 Å². The van der Waals surface area contributed by atoms with E-state index in [0.717, 1.165) is 6.07 Å². The Hall–Kier alpha value is -0.815. The molecular formula is C7H3BF3O2S-. The molecule has 0 fully saturated rings. The van der Waals surface area contributed by atoms with E-state index in [2.05, 4.69) is 0 Å². The first kappa shape index (κ1) is 11.3. The van der Waals surface area contributed by atoms with E-state index in [1.54, 1.807) is 0 Å². The first-order chi connectivity index (χ1) is 6.32. The van der Waals surface area contributed by atoms with Gasteiger partial charge in [0.2, 0.25) is 0 Å². The van der Waals surface area contributed by atoms with E-state index in [0.29, 0.717) is 12.1 Å². The summed E-state index contributed by atoms with van der Waals surface area (Å²) in [6, 6.07) is 2.08. The van der Waals surface area contributed by atoms with Crippen LogP contribution in [0.2, 0.25) is 0 Å². The lowest BCUT2D eigenvalue weighted by molar-refractivity contribution is -0.137. The van der Waals surface area contributed by atoms with Crippen LogP contribution >= 0.6 is 0 Å². The van der Waals surface area contributed by atoms with Crippen LogP contribution in [0.4, 0.5) is 13.2 Å². The molecule has 1 aromatic rings. The third-order valence-electron chi connectivity index (χ3n) is 1.52. The molecule has 74 valence electrons. The van der Waals surface area contributed by atoms with Crippen molar-refractivity contribution in [2.24, 2.45) is 0 Å². The maximum absolute atomic E-state index is 12.1. The first-order valence-corrected chi connectivity index (χ1v) is 4.46. The fourth-order valence-corrected chi connectivity index (χ4v) is 1.31. The molecule has 0 amide bonds. The summed E-state index contributed by atoms with van der Waals surface area (Å²) in [5, 5.41) is 0. The van der Waals surface area contributed by atoms with Gasteiger partial charge >= 0.3 is 6.18 Å². The number of hydrogen-bond donors (Lipinski definition) is 0. The van der Waals surface area contributed by atoms with Gasteiger partial charge in [-0.25, -0.2) is 0 Å². The lowest BCUT2D eigenvalue weighted by Gasteiger charge is -2.12. The number of halogens is 3. The Morgan fingerprint density at radius 3 is 2.29 bits per heavy atom. The van der Waals surface area contributed by atoms with Crippen LogP contribution in [0.5, 0.6) is 0 Å². The van der Waals surface area contributed by atoms with Crippen molar-refractivity contribution in [1.82, 2.24) is 0 Å². The molecule has 14 heavy (non-hydrogen) atoms. The normalized spacial score (nSPS) is 14.0. The van der Waals surface area contributed by atoms with Crippen LogP contribution in [-0.2, 0) is 17.3 Å². The van der Waals surface area contributed by atoms with Crippen molar-refractivity contribution in [2.75, 3.05) is 0 Å². The smallest absolute Gasteiger partial charge is 0.416 e. The molecule has 0 saturated heterocycles. The molecule has 0 aliphatic carbocycles. The minimum Gasteiger partial charge on any atom is -0.768 e. The molecule has 1 atom stereocenters. The summed E-state index contributed by atoms with van der Waals surface area (Å²) in [4.78, 5) is -0.335. The number of alkyl halides is 3. The maximum atomic E-state index is 12.1. The van der Waals surface area contributed by atoms with Crippen molar-refractivity contribution in [3.63, 3.8) is 0 Å². The molecular weight excluding hydrogens is 216 g/mol. The molecule has 0 aliphatic rings. The van der Waals surface area contributed by atoms with E-state index in [1.165, 1.54) is 0 Å². The van der Waals surface area contributed by atoms with Gasteiger partial charge in [0, 0.05) is 4.90 Å². The van der Waals surface area contributed by atoms with Gasteiger partial charge in [-0.1, -0.05) is 11.5 Å². The minimum atomic E-state index is -4.52. The first-order valence-electron chi connectivity index (χ1n) is 3.38. The van der Waals surface area contributed by atoms with Crippen molar-refractivity contribution >= 4 is 24.4 Å². The Kier molecular flexibility index (Phi) is 3.01. The molecule has 0 aliphatic heterocycles. The summed E-state index contributed by atoms with van der Waals surface area (Å²) < 4.78 is 57.1. The van der Waals surface area contributed by atoms with Crippen molar-refractivity contribution in [2.45, 2.75) is 11.1 Å². The van der Waals surface area contributed by atoms with Gasteiger partial charge < -0.3 is 4.55 Å². The molecule has 2 nitrogen and oxygen atoms in total. The third kappa shape index (κ3) is 2.36. The molecule has 0 saturated carbocycles. The Labute approximate surface area is 81.8 Å². The summed E-state index contributed by atoms with van der Waals surface area (Å²) in [6.07, 6.45) is -4.52. The highest BCUT2D eigenvalue weighted by Crippen LogP contribution is 2.28. The van der Waals surface area contributed by atoms with E-state index in [-0.39, 0.29) is 4.90 Å². The zero-order valence-corrected chi connectivity index (χ0v) is 7.48. The van der Waals surface area contributed by atoms with Crippen molar-refractivity contribution in [1.29, 1.82) is 0 Å². The van der Waals surface area contributed by atoms with Crippen LogP contribution < -0.4 is 5.46 Å². The fourth-order valence-electron chi connectivity index (χ4n) is 0.877. The van der Waals surface area contributed by atoms with Gasteiger partial charge in [-0.3, -0.25) is 4.21 Å². The summed E-state index contributed by atoms with van der Waals surface area (Å²) in [6.45, 7) is 0. The zero-order valence-electron chi connectivity index (χ0n) is 6.67. The fraction of sp³-hybridized carbons (Fsp3) is 0.143. The summed E-state index contributed by atoms with van der Waals surface area (Å²) >= 11 is -2.62. The lowest BCUT2D eigenvalue weighted by Crippen LogP contribution is -2.16. The van der Waals surface area contributed by atoms with Gasteiger partial charge in [0.1, 0.15) is 7.85 Å². The van der Waals surface area contributed by atoms with Gasteiger partial charge in [-0.05, 0) is 23.2 Å². The molecule has 7 heteroatoms. The lowest BCUT2D eigenvalue weighted by atomic mass is 9.94. The number of rotatable bonds is 1. The van der Waals surface area contributed by atoms with Gasteiger partial charge in [-0.2, -0.15) is 13.2 Å². The van der Waals surface area contributed by atoms with Gasteiger partial charge in [0.15, 0.2) is 0 Å². The van der Waals surface area contributed by atoms with E-state index in [9.17, 15) is 21.9 Å². The highest BCUT2D eigenvalue weighted by atomic mass is 32.2. The molecule has 0 N–H and O–H groups in total. The van der Waals surface area contributed by atoms with Crippen LogP contribution in [0.1, 0.15) is 5.56 Å². The SMILES string of the molecule is [B]c1cc(C(F)(F)F)ccc1S(=O)[O-]. The summed E-state index contributed by atoms with van der Waals surface area (Å²) in [7, 11) is 5.13. The van der Waals surface area contributed by atoms with Gasteiger partial charge in [-0.15, -0.1) is 0 Å². The maximum Gasteiger partial charge on any atom is 0.416 e. The predicted octanol–water partition coefficient (Wildman–Crippen LogP) is 0.737. The van der Waals surface area contributed by atoms with E-state index in [1.807, 2.05) is 0 Å². The molecule has 2 radical (unpaired) electrons. The zero-order chi connectivity index (χ0) is 10.9. The quantitative estimate of drug-likeness (QED) is 0.516. The average molecular weight is 219 g/mol. The van der Waals surface area contributed by atoms with Gasteiger partial charge in [0.05, 0.1) is 5.56 Å². The Balaban J connectivity index is 3.20. The second-order valence-electron chi connectivity index (χ2n) is 2.49. The highest BCUT2D eigenvalue weighted by Gasteiger charge is 2.30. The minimum absolute atomic E-state index is 0.335. The molecule has 0 aromatic heterocycles. The molecule has 0 spiro atoms. The molecule has 0 bridgehead atoms. The van der Waals surface area contributed by atoms with Gasteiger partial charge in [0.25, 0.3) is 0 Å². The Morgan fingerprint density at radius 1 is 1.36 bits per heavy atom. The highest BCUT2D eigenvalue weighted by molar-refractivity contribution is 7.79. The second-order valence-corrected chi connectivity index (χ2v) is 3.39. The summed E-state index contributed by atoms with van der Waals surface area (Å²) in [5.41, 5.74) is -1.38. The predicted molar refractivity (Wildman–Crippen MR) is 44.0 cm³/mol. The van der Waals surface area contributed by atoms with E-state index >= 15 is 0 Å². The van der Waals surface area contributed by atoms with Crippen LogP contribution in [0, 0.1) is 0 Å². The van der Waals surface area contributed by atoms with Crippen LogP contribution in [-0.4, -0.2) is 16.6 Å². The van der Waals surface area contributed by atoms with E-state index in [4.69, 9.17) is 7.85 Å². The largest absolute Gasteiger partial charge is 0.768 e. The summed E-state index contributed by atoms with van der Waals surface area (Å²) in [5.74, 6) is 0. The molecule has 1 aromatic carbocycles. The average Bonchev–Trinajstić information content (AvgIpc) is 2.01. The topological polar surface area (TPSA) is 40.1 Å². The second kappa shape index (κ2) is 3.74. The molecule has 0 heterocycles. The Morgan fingerprint density at radius 2 is 1.93 bits per heavy atom. The van der Waals surface area contributed by atoms with E-state index < -0.39 is 28.3 Å². The standard InChI is InChI=1S/C7H4BF3O2S/c8-5-3-4(7(9,10)11)1-2-6(5)14(12)13/h1-3H,(H,12,13)/p-1. The third-order valence-corrected chi connectivity index (χ3v) is 2.25. The molecule has 1 unspecified atom stereocenters. The Bertz CT molecular complexity index is 378. The van der Waals surface area contributed by atoms with Crippen LogP contribution in [0.3, 0.4) is 0 Å². The van der Waals surface area contributed by atoms with Crippen molar-refractivity contribution < 1.29 is 21.9 Å². The number of hydrogen-bond acceptors (Lipinski definition) is 2. The van der Waals surface area contributed by atoms with Crippen molar-refractivity contribution in [3.8, 4) is 0 Å².